The van der Waals surface area contributed by atoms with E-state index in [0.717, 1.165) is 31.5 Å². The van der Waals surface area contributed by atoms with Crippen molar-refractivity contribution in [3.8, 4) is 0 Å². The second-order valence-corrected chi connectivity index (χ2v) is 5.75. The van der Waals surface area contributed by atoms with Gasteiger partial charge in [0, 0.05) is 0 Å². The summed E-state index contributed by atoms with van der Waals surface area (Å²) in [6.07, 6.45) is 2.67. The first-order valence-corrected chi connectivity index (χ1v) is 7.22. The third-order valence-corrected chi connectivity index (χ3v) is 4.71. The number of aliphatic hydroxyl groups is 1. The minimum atomic E-state index is -0.795. The van der Waals surface area contributed by atoms with Crippen molar-refractivity contribution in [2.45, 2.75) is 31.8 Å². The van der Waals surface area contributed by atoms with E-state index in [1.165, 1.54) is 0 Å². The van der Waals surface area contributed by atoms with E-state index in [9.17, 15) is 5.11 Å². The molecule has 1 aromatic rings. The predicted octanol–water partition coefficient (Wildman–Crippen LogP) is 3.59. The van der Waals surface area contributed by atoms with E-state index >= 15 is 0 Å². The van der Waals surface area contributed by atoms with E-state index in [1.807, 2.05) is 13.0 Å². The Morgan fingerprint density at radius 2 is 1.94 bits per heavy atom. The lowest BCUT2D eigenvalue weighted by molar-refractivity contribution is -0.0395. The van der Waals surface area contributed by atoms with Gasteiger partial charge in [0.2, 0.25) is 0 Å². The molecule has 0 saturated carbocycles. The summed E-state index contributed by atoms with van der Waals surface area (Å²) in [5.41, 5.74) is 0.0855. The molecule has 1 aliphatic heterocycles. The molecule has 18 heavy (non-hydrogen) atoms. The van der Waals surface area contributed by atoms with Crippen molar-refractivity contribution >= 4 is 23.2 Å². The fourth-order valence-corrected chi connectivity index (χ4v) is 3.09. The van der Waals surface area contributed by atoms with Crippen LogP contribution in [0.25, 0.3) is 0 Å². The zero-order valence-electron chi connectivity index (χ0n) is 10.5. The standard InChI is InChI=1S/C14H19Cl2NO/c1-2-14(18,10-5-7-17-8-6-10)11-3-4-12(15)13(16)9-11/h3-4,9-10,17-18H,2,5-8H2,1H3. The van der Waals surface area contributed by atoms with Gasteiger partial charge in [-0.15, -0.1) is 0 Å². The second-order valence-electron chi connectivity index (χ2n) is 4.93. The number of rotatable bonds is 3. The molecular formula is C14H19Cl2NO. The zero-order chi connectivity index (χ0) is 13.2. The van der Waals surface area contributed by atoms with Gasteiger partial charge < -0.3 is 10.4 Å². The quantitative estimate of drug-likeness (QED) is 0.891. The molecule has 0 amide bonds. The van der Waals surface area contributed by atoms with Gasteiger partial charge in [-0.25, -0.2) is 0 Å². The largest absolute Gasteiger partial charge is 0.385 e. The Kier molecular flexibility index (Phi) is 4.54. The van der Waals surface area contributed by atoms with E-state index < -0.39 is 5.60 Å². The van der Waals surface area contributed by atoms with Gasteiger partial charge in [0.25, 0.3) is 0 Å². The van der Waals surface area contributed by atoms with Crippen LogP contribution in [0.4, 0.5) is 0 Å². The Bertz CT molecular complexity index is 418. The molecule has 1 fully saturated rings. The molecule has 1 atom stereocenters. The highest BCUT2D eigenvalue weighted by Gasteiger charge is 2.37. The fraction of sp³-hybridized carbons (Fsp3) is 0.571. The monoisotopic (exact) mass is 287 g/mol. The van der Waals surface area contributed by atoms with E-state index in [-0.39, 0.29) is 5.92 Å². The molecule has 0 aromatic heterocycles. The highest BCUT2D eigenvalue weighted by Crippen LogP contribution is 2.39. The molecule has 1 aliphatic rings. The SMILES string of the molecule is CCC(O)(c1ccc(Cl)c(Cl)c1)C1CCNCC1. The number of halogens is 2. The van der Waals surface area contributed by atoms with Crippen molar-refractivity contribution in [3.05, 3.63) is 33.8 Å². The predicted molar refractivity (Wildman–Crippen MR) is 76.2 cm³/mol. The zero-order valence-corrected chi connectivity index (χ0v) is 12.1. The van der Waals surface area contributed by atoms with Crippen LogP contribution in [0.5, 0.6) is 0 Å². The molecule has 2 nitrogen and oxygen atoms in total. The Hall–Kier alpha value is -0.280. The fourth-order valence-electron chi connectivity index (χ4n) is 2.79. The summed E-state index contributed by atoms with van der Waals surface area (Å²) in [4.78, 5) is 0. The van der Waals surface area contributed by atoms with Gasteiger partial charge in [0.15, 0.2) is 0 Å². The topological polar surface area (TPSA) is 32.3 Å². The molecule has 100 valence electrons. The van der Waals surface area contributed by atoms with Crippen LogP contribution in [0, 0.1) is 5.92 Å². The number of benzene rings is 1. The van der Waals surface area contributed by atoms with Crippen LogP contribution < -0.4 is 5.32 Å². The number of hydrogen-bond acceptors (Lipinski definition) is 2. The molecule has 1 heterocycles. The molecule has 1 saturated heterocycles. The van der Waals surface area contributed by atoms with Crippen molar-refractivity contribution in [1.29, 1.82) is 0 Å². The normalized spacial score (nSPS) is 20.7. The summed E-state index contributed by atoms with van der Waals surface area (Å²) in [6, 6.07) is 5.45. The molecule has 2 N–H and O–H groups in total. The number of nitrogens with one attached hydrogen (secondary N) is 1. The average molecular weight is 288 g/mol. The highest BCUT2D eigenvalue weighted by molar-refractivity contribution is 6.42. The average Bonchev–Trinajstić information content (AvgIpc) is 2.42. The maximum atomic E-state index is 11.0. The molecule has 1 aromatic carbocycles. The van der Waals surface area contributed by atoms with Crippen LogP contribution in [0.15, 0.2) is 18.2 Å². The summed E-state index contributed by atoms with van der Waals surface area (Å²) in [7, 11) is 0. The third-order valence-electron chi connectivity index (χ3n) is 3.97. The lowest BCUT2D eigenvalue weighted by Gasteiger charge is -2.38. The summed E-state index contributed by atoms with van der Waals surface area (Å²) in [5, 5.41) is 15.4. The van der Waals surface area contributed by atoms with Gasteiger partial charge in [-0.05, 0) is 56.0 Å². The molecule has 1 unspecified atom stereocenters. The van der Waals surface area contributed by atoms with Crippen molar-refractivity contribution < 1.29 is 5.11 Å². The van der Waals surface area contributed by atoms with Gasteiger partial charge in [0.05, 0.1) is 15.6 Å². The minimum Gasteiger partial charge on any atom is -0.385 e. The van der Waals surface area contributed by atoms with Crippen LogP contribution in [-0.4, -0.2) is 18.2 Å². The van der Waals surface area contributed by atoms with Crippen molar-refractivity contribution in [1.82, 2.24) is 5.32 Å². The molecule has 0 spiro atoms. The lowest BCUT2D eigenvalue weighted by Crippen LogP contribution is -2.41. The second kappa shape index (κ2) is 5.79. The Morgan fingerprint density at radius 1 is 1.28 bits per heavy atom. The minimum absolute atomic E-state index is 0.279. The summed E-state index contributed by atoms with van der Waals surface area (Å²) >= 11 is 12.0. The van der Waals surface area contributed by atoms with Crippen LogP contribution >= 0.6 is 23.2 Å². The molecule has 4 heteroatoms. The first-order chi connectivity index (χ1) is 8.58. The number of piperidine rings is 1. The Balaban J connectivity index is 2.32. The van der Waals surface area contributed by atoms with Gasteiger partial charge in [0.1, 0.15) is 0 Å². The van der Waals surface area contributed by atoms with Crippen LogP contribution in [0.2, 0.25) is 10.0 Å². The summed E-state index contributed by atoms with van der Waals surface area (Å²) in [6.45, 7) is 3.95. The summed E-state index contributed by atoms with van der Waals surface area (Å²) in [5.74, 6) is 0.279. The van der Waals surface area contributed by atoms with Gasteiger partial charge in [-0.1, -0.05) is 36.2 Å². The first-order valence-electron chi connectivity index (χ1n) is 6.46. The Morgan fingerprint density at radius 3 is 2.50 bits per heavy atom. The van der Waals surface area contributed by atoms with Crippen LogP contribution in [0.1, 0.15) is 31.7 Å². The highest BCUT2D eigenvalue weighted by atomic mass is 35.5. The lowest BCUT2D eigenvalue weighted by atomic mass is 9.75. The van der Waals surface area contributed by atoms with E-state index in [1.54, 1.807) is 12.1 Å². The number of hydrogen-bond donors (Lipinski definition) is 2. The van der Waals surface area contributed by atoms with Gasteiger partial charge in [-0.3, -0.25) is 0 Å². The van der Waals surface area contributed by atoms with Crippen molar-refractivity contribution in [2.24, 2.45) is 5.92 Å². The molecular weight excluding hydrogens is 269 g/mol. The smallest absolute Gasteiger partial charge is 0.0923 e. The van der Waals surface area contributed by atoms with Crippen molar-refractivity contribution in [3.63, 3.8) is 0 Å². The molecule has 2 rings (SSSR count). The van der Waals surface area contributed by atoms with Crippen LogP contribution in [0.3, 0.4) is 0 Å². The van der Waals surface area contributed by atoms with E-state index in [0.29, 0.717) is 16.5 Å². The van der Waals surface area contributed by atoms with Crippen molar-refractivity contribution in [2.75, 3.05) is 13.1 Å². The van der Waals surface area contributed by atoms with Crippen LogP contribution in [-0.2, 0) is 5.60 Å². The van der Waals surface area contributed by atoms with Gasteiger partial charge >= 0.3 is 0 Å². The first kappa shape index (κ1) is 14.1. The third kappa shape index (κ3) is 2.67. The van der Waals surface area contributed by atoms with E-state index in [2.05, 4.69) is 5.32 Å². The maximum Gasteiger partial charge on any atom is 0.0923 e. The summed E-state index contributed by atoms with van der Waals surface area (Å²) < 4.78 is 0. The Labute approximate surface area is 118 Å². The molecule has 0 radical (unpaired) electrons. The van der Waals surface area contributed by atoms with E-state index in [4.69, 9.17) is 23.2 Å². The van der Waals surface area contributed by atoms with Gasteiger partial charge in [-0.2, -0.15) is 0 Å². The molecule has 0 aliphatic carbocycles. The maximum absolute atomic E-state index is 11.0. The molecule has 0 bridgehead atoms.